The van der Waals surface area contributed by atoms with E-state index in [2.05, 4.69) is 15.2 Å². The van der Waals surface area contributed by atoms with Gasteiger partial charge in [-0.05, 0) is 43.7 Å². The topological polar surface area (TPSA) is 87.5 Å². The van der Waals surface area contributed by atoms with Gasteiger partial charge in [-0.2, -0.15) is 0 Å². The smallest absolute Gasteiger partial charge is 0.317 e. The zero-order valence-corrected chi connectivity index (χ0v) is 16.3. The number of imidazole rings is 1. The third kappa shape index (κ3) is 4.19. The average Bonchev–Trinajstić information content (AvgIpc) is 3.37. The van der Waals surface area contributed by atoms with Gasteiger partial charge >= 0.3 is 5.97 Å². The predicted molar refractivity (Wildman–Crippen MR) is 106 cm³/mol. The van der Waals surface area contributed by atoms with Gasteiger partial charge in [0.05, 0.1) is 17.6 Å². The fourth-order valence-corrected chi connectivity index (χ4v) is 4.14. The van der Waals surface area contributed by atoms with Gasteiger partial charge in [0.25, 0.3) is 0 Å². The summed E-state index contributed by atoms with van der Waals surface area (Å²) in [5.41, 5.74) is 1.90. The normalized spacial score (nSPS) is 21.6. The molecule has 0 aliphatic heterocycles. The number of nitrogens with one attached hydrogen (secondary N) is 1. The highest BCUT2D eigenvalue weighted by Gasteiger charge is 2.37. The first-order valence-electron chi connectivity index (χ1n) is 10.2. The number of benzene rings is 1. The molecule has 0 atom stereocenters. The fraction of sp³-hybridized carbons (Fsp3) is 0.571. The molecule has 7 nitrogen and oxygen atoms in total. The van der Waals surface area contributed by atoms with Crippen molar-refractivity contribution in [3.8, 4) is 0 Å². The Bertz CT molecular complexity index is 868. The third-order valence-corrected chi connectivity index (χ3v) is 5.87. The number of carbonyl (C=O) groups is 2. The molecule has 2 N–H and O–H groups in total. The van der Waals surface area contributed by atoms with Crippen LogP contribution < -0.4 is 5.32 Å². The molecule has 2 aromatic rings. The number of carbonyl (C=O) groups excluding carboxylic acids is 1. The molecule has 1 heterocycles. The number of carboxylic acid groups (broad SMARTS) is 1. The number of aliphatic carboxylic acids is 1. The first-order chi connectivity index (χ1) is 13.5. The molecule has 1 aromatic carbocycles. The van der Waals surface area contributed by atoms with Crippen molar-refractivity contribution in [3.05, 3.63) is 30.1 Å². The summed E-state index contributed by atoms with van der Waals surface area (Å²) in [7, 11) is 0. The Hall–Kier alpha value is -2.41. The monoisotopic (exact) mass is 384 g/mol. The van der Waals surface area contributed by atoms with Crippen molar-refractivity contribution < 1.29 is 14.7 Å². The Labute approximate surface area is 164 Å². The second-order valence-electron chi connectivity index (χ2n) is 8.11. The van der Waals surface area contributed by atoms with Crippen LogP contribution in [0.4, 0.5) is 0 Å². The van der Waals surface area contributed by atoms with Gasteiger partial charge in [-0.25, -0.2) is 4.98 Å². The van der Waals surface area contributed by atoms with Crippen LogP contribution in [0.2, 0.25) is 0 Å². The lowest BCUT2D eigenvalue weighted by atomic mass is 9.85. The number of aryl methyl sites for hydroxylation is 1. The number of amides is 1. The number of aromatic nitrogens is 2. The van der Waals surface area contributed by atoms with Gasteiger partial charge < -0.3 is 15.0 Å². The molecule has 1 aromatic heterocycles. The molecule has 0 spiro atoms. The van der Waals surface area contributed by atoms with E-state index in [1.54, 1.807) is 0 Å². The first kappa shape index (κ1) is 18.9. The molecule has 2 aliphatic rings. The highest BCUT2D eigenvalue weighted by atomic mass is 16.4. The van der Waals surface area contributed by atoms with E-state index in [0.717, 1.165) is 42.7 Å². The minimum Gasteiger partial charge on any atom is -0.480 e. The molecule has 0 bridgehead atoms. The van der Waals surface area contributed by atoms with Crippen LogP contribution in [0.1, 0.15) is 38.4 Å². The Balaban J connectivity index is 1.32. The highest BCUT2D eigenvalue weighted by Crippen LogP contribution is 2.33. The molecular weight excluding hydrogens is 356 g/mol. The number of nitrogens with zero attached hydrogens (tertiary/aromatic N) is 3. The molecule has 2 aliphatic carbocycles. The molecule has 0 unspecified atom stereocenters. The second-order valence-corrected chi connectivity index (χ2v) is 8.11. The van der Waals surface area contributed by atoms with Crippen LogP contribution in [0.5, 0.6) is 0 Å². The summed E-state index contributed by atoms with van der Waals surface area (Å²) in [6.07, 6.45) is 4.86. The predicted octanol–water partition coefficient (Wildman–Crippen LogP) is 2.04. The lowest BCUT2D eigenvalue weighted by Gasteiger charge is -2.42. The number of rotatable bonds is 9. The number of carboxylic acids is 1. The highest BCUT2D eigenvalue weighted by molar-refractivity contribution is 5.81. The maximum atomic E-state index is 12.6. The van der Waals surface area contributed by atoms with Gasteiger partial charge in [-0.1, -0.05) is 19.1 Å². The van der Waals surface area contributed by atoms with Crippen molar-refractivity contribution >= 4 is 22.9 Å². The summed E-state index contributed by atoms with van der Waals surface area (Å²) >= 11 is 0. The Morgan fingerprint density at radius 1 is 1.29 bits per heavy atom. The van der Waals surface area contributed by atoms with E-state index in [0.29, 0.717) is 5.92 Å². The maximum Gasteiger partial charge on any atom is 0.317 e. The van der Waals surface area contributed by atoms with Crippen LogP contribution in [-0.2, 0) is 22.6 Å². The molecule has 7 heteroatoms. The molecule has 150 valence electrons. The van der Waals surface area contributed by atoms with E-state index in [4.69, 9.17) is 5.11 Å². The van der Waals surface area contributed by atoms with Crippen LogP contribution in [0, 0.1) is 5.92 Å². The quantitative estimate of drug-likeness (QED) is 0.691. The lowest BCUT2D eigenvalue weighted by molar-refractivity contribution is -0.140. The molecule has 2 fully saturated rings. The number of hydrogen-bond donors (Lipinski definition) is 2. The summed E-state index contributed by atoms with van der Waals surface area (Å²) in [6, 6.07) is 8.28. The number of fused-ring (bicyclic) bond motifs is 1. The molecule has 2 saturated carbocycles. The van der Waals surface area contributed by atoms with Crippen molar-refractivity contribution in [2.24, 2.45) is 5.92 Å². The molecule has 1 amide bonds. The summed E-state index contributed by atoms with van der Waals surface area (Å²) in [5.74, 6) is 0.801. The van der Waals surface area contributed by atoms with E-state index >= 15 is 0 Å². The Morgan fingerprint density at radius 2 is 2.04 bits per heavy atom. The standard InChI is InChI=1S/C21H28N4O3/c1-2-19-23-17-5-3-4-6-18(17)25(19)12-20(26)22-15-9-16(10-15)24(13-21(27)28)11-14-7-8-14/h3-6,14-16H,2,7-13H2,1H3,(H,22,26)(H,27,28). The molecule has 0 radical (unpaired) electrons. The van der Waals surface area contributed by atoms with E-state index < -0.39 is 5.97 Å². The third-order valence-electron chi connectivity index (χ3n) is 5.87. The average molecular weight is 384 g/mol. The fourth-order valence-electron chi connectivity index (χ4n) is 4.14. The van der Waals surface area contributed by atoms with Crippen molar-refractivity contribution in [1.82, 2.24) is 19.8 Å². The first-order valence-corrected chi connectivity index (χ1v) is 10.2. The van der Waals surface area contributed by atoms with Gasteiger partial charge in [-0.15, -0.1) is 0 Å². The van der Waals surface area contributed by atoms with Crippen LogP contribution >= 0.6 is 0 Å². The van der Waals surface area contributed by atoms with E-state index in [9.17, 15) is 9.59 Å². The SMILES string of the molecule is CCc1nc2ccccc2n1CC(=O)NC1CC(N(CC(=O)O)CC2CC2)C1. The van der Waals surface area contributed by atoms with Crippen LogP contribution in [0.15, 0.2) is 24.3 Å². The number of hydrogen-bond acceptors (Lipinski definition) is 4. The van der Waals surface area contributed by atoms with Gasteiger partial charge in [0, 0.05) is 25.0 Å². The molecular formula is C21H28N4O3. The molecule has 28 heavy (non-hydrogen) atoms. The second kappa shape index (κ2) is 7.91. The summed E-state index contributed by atoms with van der Waals surface area (Å²) in [4.78, 5) is 30.4. The minimum atomic E-state index is -0.771. The Morgan fingerprint density at radius 3 is 2.71 bits per heavy atom. The van der Waals surface area contributed by atoms with Crippen molar-refractivity contribution in [2.75, 3.05) is 13.1 Å². The van der Waals surface area contributed by atoms with Gasteiger partial charge in [0.1, 0.15) is 12.4 Å². The largest absolute Gasteiger partial charge is 0.480 e. The van der Waals surface area contributed by atoms with Crippen molar-refractivity contribution in [1.29, 1.82) is 0 Å². The lowest BCUT2D eigenvalue weighted by Crippen LogP contribution is -2.55. The molecule has 0 saturated heterocycles. The van der Waals surface area contributed by atoms with Gasteiger partial charge in [0.2, 0.25) is 5.91 Å². The van der Waals surface area contributed by atoms with Crippen LogP contribution in [0.25, 0.3) is 11.0 Å². The summed E-state index contributed by atoms with van der Waals surface area (Å²) in [5, 5.41) is 12.3. The zero-order chi connectivity index (χ0) is 19.7. The summed E-state index contributed by atoms with van der Waals surface area (Å²) < 4.78 is 1.99. The van der Waals surface area contributed by atoms with Gasteiger partial charge in [-0.3, -0.25) is 14.5 Å². The zero-order valence-electron chi connectivity index (χ0n) is 16.3. The van der Waals surface area contributed by atoms with E-state index in [1.807, 2.05) is 35.8 Å². The molecule has 4 rings (SSSR count). The van der Waals surface area contributed by atoms with Crippen molar-refractivity contribution in [2.45, 2.75) is 57.7 Å². The van der Waals surface area contributed by atoms with Crippen LogP contribution in [0.3, 0.4) is 0 Å². The maximum absolute atomic E-state index is 12.6. The van der Waals surface area contributed by atoms with Gasteiger partial charge in [0.15, 0.2) is 0 Å². The minimum absolute atomic E-state index is 0.00622. The van der Waals surface area contributed by atoms with Crippen molar-refractivity contribution in [3.63, 3.8) is 0 Å². The van der Waals surface area contributed by atoms with E-state index in [-0.39, 0.29) is 31.1 Å². The van der Waals surface area contributed by atoms with E-state index in [1.165, 1.54) is 12.8 Å². The summed E-state index contributed by atoms with van der Waals surface area (Å²) in [6.45, 7) is 3.29. The Kier molecular flexibility index (Phi) is 5.35. The van der Waals surface area contributed by atoms with Crippen LogP contribution in [-0.4, -0.2) is 56.6 Å². The number of para-hydroxylation sites is 2.